The summed E-state index contributed by atoms with van der Waals surface area (Å²) in [5.41, 5.74) is 0.582. The van der Waals surface area contributed by atoms with Crippen molar-refractivity contribution in [1.29, 1.82) is 0 Å². The van der Waals surface area contributed by atoms with E-state index < -0.39 is 10.0 Å². The second-order valence-electron chi connectivity index (χ2n) is 2.58. The standard InChI is InChI=1S/C7H7Cl2NO2S/c1-4-2-5(13(10,11)12)3-6(8)7(4)9/h2-3H,1H3,(H2,10,11,12). The predicted octanol–water partition coefficient (Wildman–Crippen LogP) is 1.95. The molecule has 0 saturated heterocycles. The fraction of sp³-hybridized carbons (Fsp3) is 0.143. The molecule has 1 aromatic rings. The van der Waals surface area contributed by atoms with Crippen LogP contribution in [-0.4, -0.2) is 8.42 Å². The van der Waals surface area contributed by atoms with E-state index in [2.05, 4.69) is 0 Å². The summed E-state index contributed by atoms with van der Waals surface area (Å²) in [6.45, 7) is 1.66. The van der Waals surface area contributed by atoms with E-state index >= 15 is 0 Å². The number of sulfonamides is 1. The van der Waals surface area contributed by atoms with Crippen LogP contribution >= 0.6 is 23.2 Å². The average molecular weight is 240 g/mol. The SMILES string of the molecule is Cc1cc(S(N)(=O)=O)cc(Cl)c1Cl. The van der Waals surface area contributed by atoms with Gasteiger partial charge in [-0.3, -0.25) is 0 Å². The third kappa shape index (κ3) is 2.34. The molecule has 6 heteroatoms. The predicted molar refractivity (Wildman–Crippen MR) is 52.6 cm³/mol. The molecule has 0 saturated carbocycles. The highest BCUT2D eigenvalue weighted by Gasteiger charge is 2.11. The summed E-state index contributed by atoms with van der Waals surface area (Å²) >= 11 is 11.4. The number of nitrogens with two attached hydrogens (primary N) is 1. The lowest BCUT2D eigenvalue weighted by molar-refractivity contribution is 0.597. The van der Waals surface area contributed by atoms with Gasteiger partial charge < -0.3 is 0 Å². The van der Waals surface area contributed by atoms with Gasteiger partial charge in [-0.1, -0.05) is 23.2 Å². The zero-order valence-electron chi connectivity index (χ0n) is 6.71. The van der Waals surface area contributed by atoms with Gasteiger partial charge in [0.05, 0.1) is 14.9 Å². The van der Waals surface area contributed by atoms with Crippen molar-refractivity contribution in [1.82, 2.24) is 0 Å². The maximum atomic E-state index is 10.9. The first-order valence-corrected chi connectivity index (χ1v) is 5.61. The molecule has 0 aromatic heterocycles. The second kappa shape index (κ2) is 3.46. The van der Waals surface area contributed by atoms with Crippen molar-refractivity contribution in [3.63, 3.8) is 0 Å². The minimum Gasteiger partial charge on any atom is -0.225 e. The Hall–Kier alpha value is -0.290. The molecule has 0 bridgehead atoms. The molecule has 0 fully saturated rings. The number of rotatable bonds is 1. The fourth-order valence-electron chi connectivity index (χ4n) is 0.859. The van der Waals surface area contributed by atoms with Crippen molar-refractivity contribution in [2.24, 2.45) is 5.14 Å². The Morgan fingerprint density at radius 3 is 2.23 bits per heavy atom. The Labute approximate surface area is 86.5 Å². The molecular weight excluding hydrogens is 233 g/mol. The van der Waals surface area contributed by atoms with E-state index in [1.54, 1.807) is 6.92 Å². The topological polar surface area (TPSA) is 60.2 Å². The second-order valence-corrected chi connectivity index (χ2v) is 4.93. The quantitative estimate of drug-likeness (QED) is 0.815. The van der Waals surface area contributed by atoms with Crippen LogP contribution in [0.15, 0.2) is 17.0 Å². The van der Waals surface area contributed by atoms with Gasteiger partial charge in [0.2, 0.25) is 10.0 Å². The summed E-state index contributed by atoms with van der Waals surface area (Å²) in [5, 5.41) is 5.44. The molecule has 0 spiro atoms. The van der Waals surface area contributed by atoms with Crippen LogP contribution < -0.4 is 5.14 Å². The first-order valence-electron chi connectivity index (χ1n) is 3.31. The molecule has 0 amide bonds. The molecule has 13 heavy (non-hydrogen) atoms. The summed E-state index contributed by atoms with van der Waals surface area (Å²) in [7, 11) is -3.71. The maximum Gasteiger partial charge on any atom is 0.238 e. The molecule has 1 rings (SSSR count). The highest BCUT2D eigenvalue weighted by atomic mass is 35.5. The van der Waals surface area contributed by atoms with E-state index in [1.807, 2.05) is 0 Å². The largest absolute Gasteiger partial charge is 0.238 e. The van der Waals surface area contributed by atoms with Gasteiger partial charge in [-0.25, -0.2) is 13.6 Å². The molecule has 0 aliphatic heterocycles. The van der Waals surface area contributed by atoms with E-state index in [0.717, 1.165) is 0 Å². The van der Waals surface area contributed by atoms with Crippen molar-refractivity contribution in [3.05, 3.63) is 27.7 Å². The van der Waals surface area contributed by atoms with Crippen LogP contribution in [0.3, 0.4) is 0 Å². The molecule has 72 valence electrons. The van der Waals surface area contributed by atoms with Crippen LogP contribution in [-0.2, 0) is 10.0 Å². The van der Waals surface area contributed by atoms with Crippen LogP contribution in [0.4, 0.5) is 0 Å². The van der Waals surface area contributed by atoms with Crippen LogP contribution in [0.1, 0.15) is 5.56 Å². The number of aryl methyl sites for hydroxylation is 1. The van der Waals surface area contributed by atoms with Crippen LogP contribution in [0.2, 0.25) is 10.0 Å². The van der Waals surface area contributed by atoms with Crippen LogP contribution in [0.25, 0.3) is 0 Å². The Kier molecular flexibility index (Phi) is 2.87. The monoisotopic (exact) mass is 239 g/mol. The average Bonchev–Trinajstić information content (AvgIpc) is 1.97. The summed E-state index contributed by atoms with van der Waals surface area (Å²) in [6.07, 6.45) is 0. The van der Waals surface area contributed by atoms with Gasteiger partial charge in [-0.2, -0.15) is 0 Å². The molecule has 3 nitrogen and oxygen atoms in total. The highest BCUT2D eigenvalue weighted by molar-refractivity contribution is 7.89. The summed E-state index contributed by atoms with van der Waals surface area (Å²) in [5.74, 6) is 0. The van der Waals surface area contributed by atoms with Crippen molar-refractivity contribution >= 4 is 33.2 Å². The number of primary sulfonamides is 1. The molecule has 0 heterocycles. The molecular formula is C7H7Cl2NO2S. The van der Waals surface area contributed by atoms with Crippen molar-refractivity contribution < 1.29 is 8.42 Å². The fourth-order valence-corrected chi connectivity index (χ4v) is 1.92. The summed E-state index contributed by atoms with van der Waals surface area (Å²) < 4.78 is 21.8. The van der Waals surface area contributed by atoms with Crippen LogP contribution in [0, 0.1) is 6.92 Å². The van der Waals surface area contributed by atoms with Gasteiger partial charge in [-0.05, 0) is 24.6 Å². The van der Waals surface area contributed by atoms with E-state index in [0.29, 0.717) is 10.6 Å². The lowest BCUT2D eigenvalue weighted by Gasteiger charge is -2.03. The zero-order valence-corrected chi connectivity index (χ0v) is 9.04. The number of hydrogen-bond acceptors (Lipinski definition) is 2. The third-order valence-electron chi connectivity index (χ3n) is 1.51. The smallest absolute Gasteiger partial charge is 0.225 e. The normalized spacial score (nSPS) is 11.7. The van der Waals surface area contributed by atoms with Gasteiger partial charge >= 0.3 is 0 Å². The Morgan fingerprint density at radius 2 is 1.85 bits per heavy atom. The minimum absolute atomic E-state index is 0.0283. The zero-order chi connectivity index (χ0) is 10.2. The molecule has 1 aromatic carbocycles. The van der Waals surface area contributed by atoms with Gasteiger partial charge in [0.1, 0.15) is 0 Å². The van der Waals surface area contributed by atoms with Gasteiger partial charge in [-0.15, -0.1) is 0 Å². The Morgan fingerprint density at radius 1 is 1.31 bits per heavy atom. The van der Waals surface area contributed by atoms with Crippen molar-refractivity contribution in [2.45, 2.75) is 11.8 Å². The van der Waals surface area contributed by atoms with Gasteiger partial charge in [0.25, 0.3) is 0 Å². The van der Waals surface area contributed by atoms with Gasteiger partial charge in [0, 0.05) is 0 Å². The third-order valence-corrected chi connectivity index (χ3v) is 3.30. The lowest BCUT2D eigenvalue weighted by Crippen LogP contribution is -2.12. The summed E-state index contributed by atoms with van der Waals surface area (Å²) in [6, 6.07) is 2.61. The number of halogens is 2. The molecule has 0 unspecified atom stereocenters. The van der Waals surface area contributed by atoms with Gasteiger partial charge in [0.15, 0.2) is 0 Å². The first-order chi connectivity index (χ1) is 5.82. The van der Waals surface area contributed by atoms with E-state index in [1.165, 1.54) is 12.1 Å². The Balaban J connectivity index is 3.47. The minimum atomic E-state index is -3.71. The molecule has 0 atom stereocenters. The molecule has 0 aliphatic carbocycles. The van der Waals surface area contributed by atoms with Crippen molar-refractivity contribution in [3.8, 4) is 0 Å². The van der Waals surface area contributed by atoms with Crippen molar-refractivity contribution in [2.75, 3.05) is 0 Å². The molecule has 0 aliphatic rings. The van der Waals surface area contributed by atoms with E-state index in [-0.39, 0.29) is 9.92 Å². The number of benzene rings is 1. The summed E-state index contributed by atoms with van der Waals surface area (Å²) in [4.78, 5) is -0.0283. The Bertz CT molecular complexity index is 419. The molecule has 0 radical (unpaired) electrons. The highest BCUT2D eigenvalue weighted by Crippen LogP contribution is 2.28. The lowest BCUT2D eigenvalue weighted by atomic mass is 10.2. The van der Waals surface area contributed by atoms with E-state index in [9.17, 15) is 8.42 Å². The van der Waals surface area contributed by atoms with Crippen LogP contribution in [0.5, 0.6) is 0 Å². The van der Waals surface area contributed by atoms with E-state index in [4.69, 9.17) is 28.3 Å². The number of hydrogen-bond donors (Lipinski definition) is 1. The first kappa shape index (κ1) is 10.8. The maximum absolute atomic E-state index is 10.9. The molecule has 2 N–H and O–H groups in total.